The van der Waals surface area contributed by atoms with Crippen molar-refractivity contribution in [1.82, 2.24) is 10.6 Å². The lowest BCUT2D eigenvalue weighted by Crippen LogP contribution is -2.48. The van der Waals surface area contributed by atoms with Crippen LogP contribution < -0.4 is 16.4 Å². The minimum atomic E-state index is -1.17. The Kier molecular flexibility index (Phi) is 10.2. The molecule has 0 spiro atoms. The third kappa shape index (κ3) is 10.9. The molecule has 10 nitrogen and oxygen atoms in total. The highest BCUT2D eigenvalue weighted by atomic mass is 16.6. The molecule has 3 amide bonds. The number of carbonyl (C=O) groups excluding carboxylic acids is 4. The number of carbonyl (C=O) groups is 4. The lowest BCUT2D eigenvalue weighted by molar-refractivity contribution is -0.168. The third-order valence-corrected chi connectivity index (χ3v) is 3.26. The van der Waals surface area contributed by atoms with Crippen molar-refractivity contribution in [1.29, 1.82) is 0 Å². The normalized spacial score (nSPS) is 13.3. The van der Waals surface area contributed by atoms with Gasteiger partial charge in [-0.1, -0.05) is 13.8 Å². The monoisotopic (exact) mass is 389 g/mol. The molecular formula is C17H31N3O7. The Morgan fingerprint density at radius 2 is 1.67 bits per heavy atom. The van der Waals surface area contributed by atoms with Crippen molar-refractivity contribution in [2.75, 3.05) is 13.7 Å². The van der Waals surface area contributed by atoms with Gasteiger partial charge in [0.05, 0.1) is 7.11 Å². The number of esters is 2. The minimum absolute atomic E-state index is 0.121. The number of primary amides is 1. The number of nitrogens with one attached hydrogen (secondary N) is 2. The average molecular weight is 389 g/mol. The molecular weight excluding hydrogens is 358 g/mol. The Morgan fingerprint density at radius 1 is 1.07 bits per heavy atom. The largest absolute Gasteiger partial charge is 0.466 e. The maximum absolute atomic E-state index is 12.5. The van der Waals surface area contributed by atoms with Crippen LogP contribution in [0.5, 0.6) is 0 Å². The van der Waals surface area contributed by atoms with Gasteiger partial charge in [0, 0.05) is 6.54 Å². The van der Waals surface area contributed by atoms with Gasteiger partial charge in [-0.2, -0.15) is 0 Å². The Hall–Kier alpha value is -2.52. The number of nitrogens with two attached hydrogens (primary N) is 1. The SMILES string of the molecule is COC(=O)[C@H](CCCNC(N)=O)OC(=O)[C@@H](NC(=O)OC(C)(C)C)C(C)C. The van der Waals surface area contributed by atoms with Gasteiger partial charge in [0.15, 0.2) is 6.10 Å². The van der Waals surface area contributed by atoms with Crippen LogP contribution in [0.25, 0.3) is 0 Å². The maximum atomic E-state index is 12.5. The predicted octanol–water partition coefficient (Wildman–Crippen LogP) is 1.07. The molecule has 4 N–H and O–H groups in total. The fraction of sp³-hybridized carbons (Fsp3) is 0.765. The van der Waals surface area contributed by atoms with E-state index < -0.39 is 41.8 Å². The number of amides is 3. The van der Waals surface area contributed by atoms with Crippen LogP contribution in [-0.2, 0) is 23.8 Å². The number of alkyl carbamates (subject to hydrolysis) is 1. The molecule has 0 aliphatic rings. The molecule has 10 heteroatoms. The molecule has 156 valence electrons. The summed E-state index contributed by atoms with van der Waals surface area (Å²) in [5, 5.41) is 4.83. The molecule has 0 bridgehead atoms. The lowest BCUT2D eigenvalue weighted by Gasteiger charge is -2.26. The fourth-order valence-electron chi connectivity index (χ4n) is 2.00. The molecule has 0 aliphatic carbocycles. The van der Waals surface area contributed by atoms with Gasteiger partial charge >= 0.3 is 24.1 Å². The number of urea groups is 1. The van der Waals surface area contributed by atoms with Crippen molar-refractivity contribution in [3.05, 3.63) is 0 Å². The highest BCUT2D eigenvalue weighted by molar-refractivity contribution is 5.84. The van der Waals surface area contributed by atoms with Crippen LogP contribution in [0.15, 0.2) is 0 Å². The van der Waals surface area contributed by atoms with E-state index in [9.17, 15) is 19.2 Å². The first-order valence-electron chi connectivity index (χ1n) is 8.68. The number of hydrogen-bond donors (Lipinski definition) is 3. The van der Waals surface area contributed by atoms with Crippen LogP contribution in [0.3, 0.4) is 0 Å². The van der Waals surface area contributed by atoms with Crippen LogP contribution in [0.1, 0.15) is 47.5 Å². The lowest BCUT2D eigenvalue weighted by atomic mass is 10.0. The van der Waals surface area contributed by atoms with E-state index in [1.807, 2.05) is 0 Å². The summed E-state index contributed by atoms with van der Waals surface area (Å²) in [6.45, 7) is 8.73. The number of rotatable bonds is 9. The van der Waals surface area contributed by atoms with Gasteiger partial charge in [-0.05, 0) is 39.5 Å². The van der Waals surface area contributed by atoms with Gasteiger partial charge in [-0.15, -0.1) is 0 Å². The summed E-state index contributed by atoms with van der Waals surface area (Å²) in [6.07, 6.45) is -1.48. The predicted molar refractivity (Wildman–Crippen MR) is 96.7 cm³/mol. The number of ether oxygens (including phenoxy) is 3. The van der Waals surface area contributed by atoms with Crippen LogP contribution in [0.4, 0.5) is 9.59 Å². The van der Waals surface area contributed by atoms with E-state index in [0.29, 0.717) is 6.42 Å². The highest BCUT2D eigenvalue weighted by Gasteiger charge is 2.32. The van der Waals surface area contributed by atoms with Crippen molar-refractivity contribution in [2.24, 2.45) is 11.7 Å². The van der Waals surface area contributed by atoms with Gasteiger partial charge in [-0.25, -0.2) is 19.2 Å². The standard InChI is InChI=1S/C17H31N3O7/c1-10(2)12(20-16(24)27-17(3,4)5)14(22)26-11(13(21)25-6)8-7-9-19-15(18)23/h10-12H,7-9H2,1-6H3,(H,20,24)(H3,18,19,23)/t11-,12-/m0/s1. The molecule has 0 aromatic heterocycles. The van der Waals surface area contributed by atoms with Gasteiger partial charge in [-0.3, -0.25) is 0 Å². The van der Waals surface area contributed by atoms with Gasteiger partial charge in [0.1, 0.15) is 11.6 Å². The van der Waals surface area contributed by atoms with E-state index in [4.69, 9.17) is 15.2 Å². The second-order valence-electron chi connectivity index (χ2n) is 7.25. The summed E-state index contributed by atoms with van der Waals surface area (Å²) in [5.74, 6) is -1.82. The molecule has 0 heterocycles. The molecule has 0 radical (unpaired) electrons. The second kappa shape index (κ2) is 11.2. The molecule has 0 aromatic rings. The summed E-state index contributed by atoms with van der Waals surface area (Å²) in [4.78, 5) is 46.9. The van der Waals surface area contributed by atoms with Crippen molar-refractivity contribution in [2.45, 2.75) is 65.2 Å². The van der Waals surface area contributed by atoms with Crippen LogP contribution in [0.2, 0.25) is 0 Å². The summed E-state index contributed by atoms with van der Waals surface area (Å²) in [6, 6.07) is -1.70. The zero-order chi connectivity index (χ0) is 21.2. The quantitative estimate of drug-likeness (QED) is 0.304. The van der Waals surface area contributed by atoms with E-state index in [-0.39, 0.29) is 18.9 Å². The van der Waals surface area contributed by atoms with E-state index in [0.717, 1.165) is 0 Å². The first-order valence-corrected chi connectivity index (χ1v) is 8.68. The second-order valence-corrected chi connectivity index (χ2v) is 7.25. The molecule has 0 saturated heterocycles. The summed E-state index contributed by atoms with van der Waals surface area (Å²) < 4.78 is 15.0. The molecule has 0 aromatic carbocycles. The Bertz CT molecular complexity index is 529. The minimum Gasteiger partial charge on any atom is -0.466 e. The zero-order valence-corrected chi connectivity index (χ0v) is 16.8. The summed E-state index contributed by atoms with van der Waals surface area (Å²) >= 11 is 0. The first-order chi connectivity index (χ1) is 12.4. The Labute approximate surface area is 159 Å². The van der Waals surface area contributed by atoms with Gasteiger partial charge < -0.3 is 30.6 Å². The van der Waals surface area contributed by atoms with Crippen molar-refractivity contribution >= 4 is 24.1 Å². The zero-order valence-electron chi connectivity index (χ0n) is 16.8. The van der Waals surface area contributed by atoms with Crippen molar-refractivity contribution < 1.29 is 33.4 Å². The Morgan fingerprint density at radius 3 is 2.11 bits per heavy atom. The average Bonchev–Trinajstić information content (AvgIpc) is 2.52. The first kappa shape index (κ1) is 24.5. The molecule has 2 atom stereocenters. The molecule has 0 fully saturated rings. The maximum Gasteiger partial charge on any atom is 0.408 e. The summed E-state index contributed by atoms with van der Waals surface area (Å²) in [7, 11) is 1.17. The van der Waals surface area contributed by atoms with Crippen LogP contribution >= 0.6 is 0 Å². The topological polar surface area (TPSA) is 146 Å². The fourth-order valence-corrected chi connectivity index (χ4v) is 2.00. The van der Waals surface area contributed by atoms with E-state index in [1.54, 1.807) is 34.6 Å². The van der Waals surface area contributed by atoms with Crippen LogP contribution in [-0.4, -0.2) is 55.5 Å². The van der Waals surface area contributed by atoms with E-state index >= 15 is 0 Å². The highest BCUT2D eigenvalue weighted by Crippen LogP contribution is 2.12. The van der Waals surface area contributed by atoms with E-state index in [1.165, 1.54) is 7.11 Å². The number of methoxy groups -OCH3 is 1. The van der Waals surface area contributed by atoms with Gasteiger partial charge in [0.2, 0.25) is 0 Å². The number of hydrogen-bond acceptors (Lipinski definition) is 7. The van der Waals surface area contributed by atoms with Crippen molar-refractivity contribution in [3.8, 4) is 0 Å². The molecule has 27 heavy (non-hydrogen) atoms. The van der Waals surface area contributed by atoms with Gasteiger partial charge in [0.25, 0.3) is 0 Å². The summed E-state index contributed by atoms with van der Waals surface area (Å²) in [5.41, 5.74) is 4.24. The van der Waals surface area contributed by atoms with Crippen LogP contribution in [0, 0.1) is 5.92 Å². The molecule has 0 unspecified atom stereocenters. The Balaban J connectivity index is 4.92. The molecule has 0 rings (SSSR count). The smallest absolute Gasteiger partial charge is 0.408 e. The molecule has 0 saturated carbocycles. The molecule has 0 aliphatic heterocycles. The third-order valence-electron chi connectivity index (χ3n) is 3.26. The van der Waals surface area contributed by atoms with E-state index in [2.05, 4.69) is 15.4 Å². The van der Waals surface area contributed by atoms with Crippen molar-refractivity contribution in [3.63, 3.8) is 0 Å².